The summed E-state index contributed by atoms with van der Waals surface area (Å²) in [5, 5.41) is 68.4. The number of aliphatic hydroxyl groups is 2. The molecule has 7 aromatic heterocycles. The molecule has 0 aliphatic carbocycles. The summed E-state index contributed by atoms with van der Waals surface area (Å²) in [5.74, 6) is -7.58. The van der Waals surface area contributed by atoms with Crippen LogP contribution >= 0.6 is 64.3 Å². The Morgan fingerprint density at radius 2 is 1.46 bits per heavy atom. The van der Waals surface area contributed by atoms with Gasteiger partial charge in [0.2, 0.25) is 11.8 Å². The minimum atomic E-state index is -3.39. The van der Waals surface area contributed by atoms with Crippen molar-refractivity contribution in [3.05, 3.63) is 112 Å². The van der Waals surface area contributed by atoms with Crippen LogP contribution in [0.5, 0.6) is 5.75 Å². The highest BCUT2D eigenvalue weighted by Crippen LogP contribution is 2.55. The number of carbonyl (C=O) groups excluding carboxylic acids is 8. The van der Waals surface area contributed by atoms with Crippen LogP contribution in [-0.2, 0) is 69.6 Å². The van der Waals surface area contributed by atoms with Crippen molar-refractivity contribution in [1.29, 1.82) is 0 Å². The molecule has 2 fully saturated rings. The molecule has 35 nitrogen and oxygen atoms in total. The number of aliphatic hydroxyl groups excluding tert-OH is 1. The lowest BCUT2D eigenvalue weighted by Crippen LogP contribution is -2.62. The number of aromatic hydroxyl groups is 1. The average Bonchev–Trinajstić information content (AvgIpc) is 1.62. The number of thiazole rings is 5. The number of ether oxygens (including phenoxy) is 6. The van der Waals surface area contributed by atoms with Gasteiger partial charge in [0, 0.05) is 77.1 Å². The van der Waals surface area contributed by atoms with E-state index in [-0.39, 0.29) is 118 Å². The number of pyridine rings is 1. The highest BCUT2D eigenvalue weighted by atomic mass is 32.1. The Kier molecular flexibility index (Phi) is 22.7. The van der Waals surface area contributed by atoms with E-state index < -0.39 is 158 Å². The van der Waals surface area contributed by atoms with E-state index in [9.17, 15) is 44.3 Å². The number of nitrogens with one attached hydrogen (secondary N) is 5. The van der Waals surface area contributed by atoms with E-state index in [1.165, 1.54) is 81.1 Å². The van der Waals surface area contributed by atoms with Gasteiger partial charge in [0.15, 0.2) is 18.1 Å². The van der Waals surface area contributed by atoms with Crippen molar-refractivity contribution < 1.29 is 101 Å². The molecule has 9 N–H and O–H groups in total. The fourth-order valence-electron chi connectivity index (χ4n) is 13.9. The van der Waals surface area contributed by atoms with Crippen LogP contribution in [0.3, 0.4) is 0 Å². The monoisotopic (exact) mass is 1610 g/mol. The van der Waals surface area contributed by atoms with Crippen LogP contribution < -0.4 is 26.6 Å². The molecular formula is C68H75N14O21PS5. The Morgan fingerprint density at radius 1 is 0.807 bits per heavy atom. The zero-order valence-corrected chi connectivity index (χ0v) is 64.9. The van der Waals surface area contributed by atoms with Gasteiger partial charge in [-0.25, -0.2) is 39.5 Å². The first-order valence-corrected chi connectivity index (χ1v) is 40.0. The summed E-state index contributed by atoms with van der Waals surface area (Å²) in [5.41, 5.74) is -3.25. The number of methoxy groups -OCH3 is 1. The van der Waals surface area contributed by atoms with E-state index in [1.54, 1.807) is 49.9 Å². The minimum absolute atomic E-state index is 0.00613. The number of allylic oxidation sites excluding steroid dienone is 1. The fraction of sp³-hybridized carbons (Fsp3) is 0.441. The summed E-state index contributed by atoms with van der Waals surface area (Å²) in [6, 6.07) is -0.426. The summed E-state index contributed by atoms with van der Waals surface area (Å²) < 4.78 is 61.8. The van der Waals surface area contributed by atoms with Crippen LogP contribution in [-0.4, -0.2) is 228 Å². The lowest BCUT2D eigenvalue weighted by molar-refractivity contribution is -0.280. The fourth-order valence-corrected chi connectivity index (χ4v) is 19.6. The number of piperidine rings is 1. The summed E-state index contributed by atoms with van der Waals surface area (Å²) in [6.45, 7) is 6.18. The van der Waals surface area contributed by atoms with Crippen LogP contribution in [0.15, 0.2) is 56.9 Å². The van der Waals surface area contributed by atoms with Crippen LogP contribution in [0.2, 0.25) is 0 Å². The molecule has 2 saturated heterocycles. The number of hydrogen-bond acceptors (Lipinski definition) is 33. The largest absolute Gasteiger partial charge is 0.506 e. The number of nitrogens with zero attached hydrogens (tertiary/aromatic N) is 9. The van der Waals surface area contributed by atoms with Crippen LogP contribution in [0.25, 0.3) is 49.3 Å². The third-order valence-electron chi connectivity index (χ3n) is 19.2. The molecule has 1 aromatic carbocycles. The molecule has 109 heavy (non-hydrogen) atoms. The first-order chi connectivity index (χ1) is 52.0. The van der Waals surface area contributed by atoms with Crippen molar-refractivity contribution in [2.24, 2.45) is 0 Å². The second kappa shape index (κ2) is 31.7. The molecule has 6 amide bonds. The Balaban J connectivity index is 0.929. The second-order valence-electron chi connectivity index (χ2n) is 26.7. The molecule has 0 unspecified atom stereocenters. The maximum absolute atomic E-state index is 15.2. The number of rotatable bonds is 12. The zero-order valence-electron chi connectivity index (χ0n) is 59.9. The normalized spacial score (nSPS) is 24.4. The summed E-state index contributed by atoms with van der Waals surface area (Å²) in [4.78, 5) is 149. The number of esters is 2. The lowest BCUT2D eigenvalue weighted by Gasteiger charge is -2.48. The summed E-state index contributed by atoms with van der Waals surface area (Å²) in [7, 11) is 4.05. The van der Waals surface area contributed by atoms with Crippen molar-refractivity contribution in [3.8, 4) is 38.4 Å². The lowest BCUT2D eigenvalue weighted by atomic mass is 9.85. The molecule has 0 radical (unpaired) electrons. The van der Waals surface area contributed by atoms with E-state index in [1.807, 2.05) is 0 Å². The van der Waals surface area contributed by atoms with Gasteiger partial charge in [0.25, 0.3) is 23.6 Å². The Hall–Kier alpha value is -9.13. The number of amides is 6. The zero-order chi connectivity index (χ0) is 77.8. The van der Waals surface area contributed by atoms with E-state index in [4.69, 9.17) is 52.4 Å². The van der Waals surface area contributed by atoms with Gasteiger partial charge < -0.3 is 94.4 Å². The van der Waals surface area contributed by atoms with Crippen molar-refractivity contribution in [3.63, 3.8) is 0 Å². The highest BCUT2D eigenvalue weighted by molar-refractivity contribution is 7.54. The molecule has 8 aromatic rings. The Morgan fingerprint density at radius 3 is 2.16 bits per heavy atom. The van der Waals surface area contributed by atoms with Gasteiger partial charge in [-0.15, -0.1) is 56.7 Å². The molecular weight excluding hydrogens is 1540 g/mol. The number of likely N-dealkylation sites (tertiary alicyclic amines) is 1. The first-order valence-electron chi connectivity index (χ1n) is 34.0. The second-order valence-corrected chi connectivity index (χ2v) is 33.6. The first kappa shape index (κ1) is 78.0. The third kappa shape index (κ3) is 15.6. The number of cyclic esters (lactones) is 2. The van der Waals surface area contributed by atoms with E-state index >= 15 is 19.2 Å². The highest BCUT2D eigenvalue weighted by Gasteiger charge is 2.50. The Labute approximate surface area is 640 Å². The average molecular weight is 1620 g/mol. The SMILES string of the molecule is CO/C(C)=C1/NC(=O)[C@H]([C@@H](C)O)NC(=O)c2csc(n2)-c2cc(O)c(-c3nc(C(=O)N[C@@H](C)C(=O)N4CCC(P(=O)(OC)OC)CC4)cs3)nc2-c2csc(n2)[C@@H]2COC(=O)c3c4c5c(cccc5n3O)COC(=O)[C@@H](O[C@H]3C[C@](C)(O)[C@H](N(C)C)[C@H](C)O3)[C@@H](OC4)[C@H](NC(=O)c3csc1n3)c1nc(cs1)C(=O)N2. The number of fused-ring (bicyclic) bond motifs is 15. The van der Waals surface area contributed by atoms with Crippen molar-refractivity contribution in [2.45, 2.75) is 139 Å². The van der Waals surface area contributed by atoms with Gasteiger partial charge in [-0.3, -0.25) is 33.3 Å². The maximum Gasteiger partial charge on any atom is 0.358 e. The number of likely N-dealkylation sites (N-methyl/N-ethyl adjacent to an activating group) is 1. The summed E-state index contributed by atoms with van der Waals surface area (Å²) >= 11 is 4.50. The molecule has 5 aliphatic heterocycles. The molecule has 578 valence electrons. The van der Waals surface area contributed by atoms with Crippen LogP contribution in [0.4, 0.5) is 0 Å². The van der Waals surface area contributed by atoms with Crippen molar-refractivity contribution in [1.82, 2.24) is 71.0 Å². The van der Waals surface area contributed by atoms with E-state index in [0.29, 0.717) is 23.1 Å². The van der Waals surface area contributed by atoms with Gasteiger partial charge >= 0.3 is 19.5 Å². The number of carbonyl (C=O) groups is 8. The van der Waals surface area contributed by atoms with Gasteiger partial charge in [-0.1, -0.05) is 12.1 Å². The molecule has 12 heterocycles. The number of benzene rings is 1. The molecule has 0 saturated carbocycles. The van der Waals surface area contributed by atoms with Crippen molar-refractivity contribution in [2.75, 3.05) is 55.1 Å². The standard InChI is InChI=1S/C68H75N14O21PS5/c1-28(65(90)81-16-14-33(15-17-81)104(95,97-9)98-10)69-55(85)38-25-108-63(74-38)49-43(84)18-34-48(76-49)37-23-106-61(71-37)36-22-101-66(91)51-35-21-99-52(53(103-44-19-68(5,93)54(80(6)7)31(4)102-44)67(92)100-20-32-12-11-13-42(45(32)35)82(51)94)50(64-75-39(26-109-64)56(86)70-36)79-58(88)41-27-107-62(73-41)47(30(3)96-8)78-59(89)46(29(2)83)77-57(87)40-24-105-60(34)72-40/h11-13,18,23-29,31,33,36,44,46,50,52-54,83-84,93-94H,14-17,19-22H2,1-10H3,(H,69,85)(H,70,86)(H,77,87)(H,78,89)(H,79,88)/b47-30+/t28-,29+,31-,36-,44-,46-,50-,52-,53-,54+,68-/m0/s1. The smallest absolute Gasteiger partial charge is 0.358 e. The molecule has 41 heteroatoms. The predicted molar refractivity (Wildman–Crippen MR) is 392 cm³/mol. The van der Waals surface area contributed by atoms with E-state index in [2.05, 4.69) is 41.5 Å². The van der Waals surface area contributed by atoms with E-state index in [0.717, 1.165) is 56.7 Å². The van der Waals surface area contributed by atoms with Gasteiger partial charge in [0.05, 0.1) is 48.7 Å². The van der Waals surface area contributed by atoms with Gasteiger partial charge in [0.1, 0.15) is 126 Å². The van der Waals surface area contributed by atoms with Gasteiger partial charge in [-0.05, 0) is 79.3 Å². The topological polar surface area (TPSA) is 457 Å². The number of aromatic nitrogens is 7. The minimum Gasteiger partial charge on any atom is -0.506 e. The van der Waals surface area contributed by atoms with Crippen LogP contribution in [0, 0.1) is 0 Å². The maximum atomic E-state index is 15.2. The quantitative estimate of drug-likeness (QED) is 0.0304. The van der Waals surface area contributed by atoms with Crippen molar-refractivity contribution >= 4 is 128 Å². The molecule has 11 atom stereocenters. The predicted octanol–water partition coefficient (Wildman–Crippen LogP) is 5.76. The molecule has 12 bridgehead atoms. The Bertz CT molecular complexity index is 4970. The third-order valence-corrected chi connectivity index (χ3v) is 26.1. The molecule has 0 spiro atoms. The number of hydrogen-bond donors (Lipinski definition) is 9. The molecule has 13 rings (SSSR count). The van der Waals surface area contributed by atoms with Gasteiger partial charge in [-0.2, -0.15) is 4.73 Å². The van der Waals surface area contributed by atoms with Crippen LogP contribution in [0.1, 0.15) is 145 Å². The molecule has 5 aliphatic rings. The summed E-state index contributed by atoms with van der Waals surface area (Å²) in [6.07, 6.45) is -6.94.